The lowest BCUT2D eigenvalue weighted by atomic mass is 10.2. The van der Waals surface area contributed by atoms with E-state index in [1.54, 1.807) is 23.5 Å². The molecule has 0 radical (unpaired) electrons. The highest BCUT2D eigenvalue weighted by Gasteiger charge is 2.04. The zero-order valence-corrected chi connectivity index (χ0v) is 9.70. The van der Waals surface area contributed by atoms with Crippen LogP contribution >= 0.6 is 11.3 Å². The van der Waals surface area contributed by atoms with Crippen molar-refractivity contribution in [2.45, 2.75) is 12.8 Å². The highest BCUT2D eigenvalue weighted by molar-refractivity contribution is 7.15. The van der Waals surface area contributed by atoms with Gasteiger partial charge in [-0.2, -0.15) is 0 Å². The Hall–Kier alpha value is -1.39. The fraction of sp³-hybridized carbons (Fsp3) is 0.250. The van der Waals surface area contributed by atoms with E-state index in [0.29, 0.717) is 6.54 Å². The Labute approximate surface area is 98.6 Å². The molecule has 0 aliphatic rings. The molecule has 0 amide bonds. The summed E-state index contributed by atoms with van der Waals surface area (Å²) in [5.41, 5.74) is 6.51. The number of benzene rings is 1. The second kappa shape index (κ2) is 5.09. The van der Waals surface area contributed by atoms with Crippen LogP contribution in [-0.4, -0.2) is 16.6 Å². The van der Waals surface area contributed by atoms with Gasteiger partial charge in [0.25, 0.3) is 0 Å². The highest BCUT2D eigenvalue weighted by Crippen LogP contribution is 2.26. The molecule has 3 nitrogen and oxygen atoms in total. The lowest BCUT2D eigenvalue weighted by Crippen LogP contribution is -1.99. The van der Waals surface area contributed by atoms with Gasteiger partial charge in [-0.05, 0) is 43.7 Å². The minimum Gasteiger partial charge on any atom is -0.508 e. The van der Waals surface area contributed by atoms with Gasteiger partial charge in [0.15, 0.2) is 0 Å². The average Bonchev–Trinajstić information content (AvgIpc) is 2.76. The van der Waals surface area contributed by atoms with Gasteiger partial charge in [0.2, 0.25) is 0 Å². The average molecular weight is 234 g/mol. The number of nitrogens with two attached hydrogens (primary N) is 1. The van der Waals surface area contributed by atoms with Crippen molar-refractivity contribution in [3.63, 3.8) is 0 Å². The molecule has 0 aliphatic carbocycles. The van der Waals surface area contributed by atoms with Crippen LogP contribution in [0, 0.1) is 0 Å². The van der Waals surface area contributed by atoms with Gasteiger partial charge in [-0.15, -0.1) is 11.3 Å². The summed E-state index contributed by atoms with van der Waals surface area (Å²) in [6.45, 7) is 0.715. The van der Waals surface area contributed by atoms with Gasteiger partial charge in [0, 0.05) is 16.6 Å². The second-order valence-corrected chi connectivity index (χ2v) is 4.69. The third kappa shape index (κ3) is 2.59. The van der Waals surface area contributed by atoms with Gasteiger partial charge in [-0.25, -0.2) is 4.98 Å². The number of aromatic hydroxyl groups is 1. The van der Waals surface area contributed by atoms with Crippen LogP contribution in [0.3, 0.4) is 0 Å². The van der Waals surface area contributed by atoms with Gasteiger partial charge in [0.05, 0.1) is 0 Å². The molecule has 0 saturated carbocycles. The fourth-order valence-electron chi connectivity index (χ4n) is 1.44. The normalized spacial score (nSPS) is 10.6. The quantitative estimate of drug-likeness (QED) is 0.854. The fourth-order valence-corrected chi connectivity index (χ4v) is 2.40. The Kier molecular flexibility index (Phi) is 3.54. The van der Waals surface area contributed by atoms with Crippen LogP contribution in [0.1, 0.15) is 11.3 Å². The first-order valence-corrected chi connectivity index (χ1v) is 6.05. The first-order valence-electron chi connectivity index (χ1n) is 5.24. The van der Waals surface area contributed by atoms with Crippen LogP contribution < -0.4 is 5.73 Å². The summed E-state index contributed by atoms with van der Waals surface area (Å²) in [7, 11) is 0. The van der Waals surface area contributed by atoms with Crippen LogP contribution in [0.25, 0.3) is 10.6 Å². The number of nitrogens with zero attached hydrogens (tertiary/aromatic N) is 1. The molecule has 0 unspecified atom stereocenters. The molecule has 3 N–H and O–H groups in total. The van der Waals surface area contributed by atoms with Gasteiger partial charge in [0.1, 0.15) is 10.8 Å². The van der Waals surface area contributed by atoms with E-state index in [1.165, 1.54) is 4.88 Å². The summed E-state index contributed by atoms with van der Waals surface area (Å²) in [6.07, 6.45) is 3.89. The minimum atomic E-state index is 0.281. The summed E-state index contributed by atoms with van der Waals surface area (Å²) in [6, 6.07) is 7.11. The van der Waals surface area contributed by atoms with E-state index in [2.05, 4.69) is 4.98 Å². The Morgan fingerprint density at radius 3 is 2.69 bits per heavy atom. The number of phenols is 1. The van der Waals surface area contributed by atoms with Crippen LogP contribution in [0.15, 0.2) is 30.5 Å². The van der Waals surface area contributed by atoms with Gasteiger partial charge < -0.3 is 10.8 Å². The van der Waals surface area contributed by atoms with Crippen molar-refractivity contribution in [3.05, 3.63) is 35.3 Å². The smallest absolute Gasteiger partial charge is 0.123 e. The van der Waals surface area contributed by atoms with Crippen LogP contribution in [-0.2, 0) is 6.42 Å². The maximum absolute atomic E-state index is 9.19. The van der Waals surface area contributed by atoms with E-state index in [4.69, 9.17) is 5.73 Å². The van der Waals surface area contributed by atoms with Crippen molar-refractivity contribution in [1.82, 2.24) is 4.98 Å². The second-order valence-electron chi connectivity index (χ2n) is 3.57. The Morgan fingerprint density at radius 2 is 2.00 bits per heavy atom. The molecule has 0 fully saturated rings. The number of hydrogen-bond donors (Lipinski definition) is 2. The molecule has 0 spiro atoms. The molecule has 0 bridgehead atoms. The van der Waals surface area contributed by atoms with E-state index in [-0.39, 0.29) is 5.75 Å². The molecule has 2 aromatic rings. The van der Waals surface area contributed by atoms with E-state index in [0.717, 1.165) is 23.4 Å². The van der Waals surface area contributed by atoms with E-state index >= 15 is 0 Å². The molecule has 1 aromatic carbocycles. The number of aromatic nitrogens is 1. The Morgan fingerprint density at radius 1 is 1.25 bits per heavy atom. The molecule has 0 atom stereocenters. The topological polar surface area (TPSA) is 59.1 Å². The van der Waals surface area contributed by atoms with Gasteiger partial charge >= 0.3 is 0 Å². The number of thiazole rings is 1. The maximum Gasteiger partial charge on any atom is 0.123 e. The van der Waals surface area contributed by atoms with E-state index in [9.17, 15) is 5.11 Å². The molecule has 84 valence electrons. The molecule has 2 rings (SSSR count). The summed E-state index contributed by atoms with van der Waals surface area (Å²) < 4.78 is 0. The van der Waals surface area contributed by atoms with Crippen LogP contribution in [0.5, 0.6) is 5.75 Å². The number of hydrogen-bond acceptors (Lipinski definition) is 4. The minimum absolute atomic E-state index is 0.281. The van der Waals surface area contributed by atoms with Crippen molar-refractivity contribution in [1.29, 1.82) is 0 Å². The zero-order valence-electron chi connectivity index (χ0n) is 8.89. The molecule has 1 heterocycles. The zero-order chi connectivity index (χ0) is 11.4. The maximum atomic E-state index is 9.19. The number of phenolic OH excluding ortho intramolecular Hbond substituents is 1. The predicted octanol–water partition coefficient (Wildman–Crippen LogP) is 2.41. The van der Waals surface area contributed by atoms with Crippen molar-refractivity contribution >= 4 is 11.3 Å². The third-order valence-electron chi connectivity index (χ3n) is 2.30. The molecule has 0 aliphatic heterocycles. The highest BCUT2D eigenvalue weighted by atomic mass is 32.1. The largest absolute Gasteiger partial charge is 0.508 e. The standard InChI is InChI=1S/C12H14N2OS/c13-7-1-2-11-8-14-12(16-11)9-3-5-10(15)6-4-9/h3-6,8,15H,1-2,7,13H2. The molecule has 1 aromatic heterocycles. The van der Waals surface area contributed by atoms with Crippen molar-refractivity contribution in [3.8, 4) is 16.3 Å². The van der Waals surface area contributed by atoms with Crippen molar-refractivity contribution < 1.29 is 5.11 Å². The molecule has 0 saturated heterocycles. The van der Waals surface area contributed by atoms with E-state index in [1.807, 2.05) is 18.3 Å². The van der Waals surface area contributed by atoms with Crippen LogP contribution in [0.2, 0.25) is 0 Å². The van der Waals surface area contributed by atoms with Gasteiger partial charge in [-0.3, -0.25) is 0 Å². The van der Waals surface area contributed by atoms with Crippen LogP contribution in [0.4, 0.5) is 0 Å². The molecule has 16 heavy (non-hydrogen) atoms. The number of aryl methyl sites for hydroxylation is 1. The van der Waals surface area contributed by atoms with Gasteiger partial charge in [-0.1, -0.05) is 0 Å². The van der Waals surface area contributed by atoms with E-state index < -0.39 is 0 Å². The number of rotatable bonds is 4. The molecular weight excluding hydrogens is 220 g/mol. The summed E-state index contributed by atoms with van der Waals surface area (Å²) >= 11 is 1.68. The monoisotopic (exact) mass is 234 g/mol. The first-order chi connectivity index (χ1) is 7.79. The first kappa shape index (κ1) is 11.1. The SMILES string of the molecule is NCCCc1cnc(-c2ccc(O)cc2)s1. The third-order valence-corrected chi connectivity index (χ3v) is 3.40. The summed E-state index contributed by atoms with van der Waals surface area (Å²) in [5.74, 6) is 0.281. The molecule has 4 heteroatoms. The summed E-state index contributed by atoms with van der Waals surface area (Å²) in [4.78, 5) is 5.62. The lowest BCUT2D eigenvalue weighted by Gasteiger charge is -1.96. The Balaban J connectivity index is 2.15. The Bertz CT molecular complexity index is 450. The predicted molar refractivity (Wildman–Crippen MR) is 66.6 cm³/mol. The van der Waals surface area contributed by atoms with Crippen molar-refractivity contribution in [2.24, 2.45) is 5.73 Å². The summed E-state index contributed by atoms with van der Waals surface area (Å²) in [5, 5.41) is 10.2. The lowest BCUT2D eigenvalue weighted by molar-refractivity contribution is 0.475. The van der Waals surface area contributed by atoms with Crippen molar-refractivity contribution in [2.75, 3.05) is 6.54 Å². The molecular formula is C12H14N2OS.